The van der Waals surface area contributed by atoms with Crippen LogP contribution in [-0.4, -0.2) is 34.5 Å². The predicted molar refractivity (Wildman–Crippen MR) is 71.6 cm³/mol. The molecule has 90 valence electrons. The summed E-state index contributed by atoms with van der Waals surface area (Å²) in [6, 6.07) is 1.39. The monoisotopic (exact) mass is 229 g/mol. The van der Waals surface area contributed by atoms with E-state index in [0.29, 0.717) is 17.5 Å². The van der Waals surface area contributed by atoms with Crippen LogP contribution in [0.25, 0.3) is 0 Å². The normalized spacial score (nSPS) is 30.6. The number of thioether (sulfide) groups is 1. The van der Waals surface area contributed by atoms with E-state index in [1.807, 2.05) is 0 Å². The first kappa shape index (κ1) is 13.4. The molecule has 0 aromatic rings. The molecule has 1 fully saturated rings. The minimum Gasteiger partial charge on any atom is -0.296 e. The van der Waals surface area contributed by atoms with Crippen molar-refractivity contribution in [3.63, 3.8) is 0 Å². The zero-order chi connectivity index (χ0) is 11.6. The van der Waals surface area contributed by atoms with E-state index in [1.165, 1.54) is 18.7 Å². The van der Waals surface area contributed by atoms with Crippen LogP contribution in [0.15, 0.2) is 0 Å². The highest BCUT2D eigenvalue weighted by molar-refractivity contribution is 7.99. The van der Waals surface area contributed by atoms with E-state index in [0.717, 1.165) is 5.25 Å². The average molecular weight is 229 g/mol. The second kappa shape index (κ2) is 5.09. The third kappa shape index (κ3) is 3.39. The van der Waals surface area contributed by atoms with Crippen molar-refractivity contribution >= 4 is 11.8 Å². The van der Waals surface area contributed by atoms with Crippen molar-refractivity contribution in [1.82, 2.24) is 4.90 Å². The molecule has 1 saturated heterocycles. The fraction of sp³-hybridized carbons (Fsp3) is 1.00. The van der Waals surface area contributed by atoms with Crippen LogP contribution in [0.4, 0.5) is 0 Å². The fourth-order valence-electron chi connectivity index (χ4n) is 2.80. The molecule has 1 heterocycles. The van der Waals surface area contributed by atoms with E-state index in [-0.39, 0.29) is 0 Å². The van der Waals surface area contributed by atoms with Gasteiger partial charge in [-0.3, -0.25) is 4.90 Å². The van der Waals surface area contributed by atoms with Gasteiger partial charge in [0.2, 0.25) is 0 Å². The predicted octanol–water partition coefficient (Wildman–Crippen LogP) is 3.64. The van der Waals surface area contributed by atoms with Gasteiger partial charge in [-0.25, -0.2) is 0 Å². The Morgan fingerprint density at radius 2 is 1.87 bits per heavy atom. The molecule has 0 aromatic heterocycles. The van der Waals surface area contributed by atoms with Crippen molar-refractivity contribution in [2.75, 3.05) is 12.3 Å². The summed E-state index contributed by atoms with van der Waals surface area (Å²) < 4.78 is 0. The Kier molecular flexibility index (Phi) is 4.54. The largest absolute Gasteiger partial charge is 0.296 e. The first-order valence-corrected chi connectivity index (χ1v) is 7.26. The molecule has 1 rings (SSSR count). The van der Waals surface area contributed by atoms with Crippen molar-refractivity contribution in [3.05, 3.63) is 0 Å². The Morgan fingerprint density at radius 3 is 2.33 bits per heavy atom. The maximum atomic E-state index is 2.71. The summed E-state index contributed by atoms with van der Waals surface area (Å²) in [5.41, 5.74) is 0.390. The molecule has 2 atom stereocenters. The molecule has 15 heavy (non-hydrogen) atoms. The summed E-state index contributed by atoms with van der Waals surface area (Å²) in [4.78, 5) is 2.71. The average Bonchev–Trinajstić information content (AvgIpc) is 2.24. The Hall–Kier alpha value is 0.310. The van der Waals surface area contributed by atoms with Gasteiger partial charge in [0, 0.05) is 17.3 Å². The van der Waals surface area contributed by atoms with Gasteiger partial charge in [-0.15, -0.1) is 0 Å². The third-order valence-corrected chi connectivity index (χ3v) is 4.60. The smallest absolute Gasteiger partial charge is 0.0263 e. The van der Waals surface area contributed by atoms with Crippen molar-refractivity contribution < 1.29 is 0 Å². The summed E-state index contributed by atoms with van der Waals surface area (Å²) >= 11 is 2.15. The molecule has 2 heteroatoms. The Morgan fingerprint density at radius 1 is 1.27 bits per heavy atom. The highest BCUT2D eigenvalue weighted by atomic mass is 32.2. The number of nitrogens with zero attached hydrogens (tertiary/aromatic N) is 1. The molecular formula is C13H27NS. The molecule has 0 bridgehead atoms. The summed E-state index contributed by atoms with van der Waals surface area (Å²) in [5.74, 6) is 1.33. The Labute approximate surface area is 100.0 Å². The van der Waals surface area contributed by atoms with Gasteiger partial charge in [-0.1, -0.05) is 27.7 Å². The van der Waals surface area contributed by atoms with Crippen molar-refractivity contribution in [1.29, 1.82) is 0 Å². The second-order valence-corrected chi connectivity index (χ2v) is 7.56. The number of hydrogen-bond acceptors (Lipinski definition) is 2. The molecule has 0 amide bonds. The third-order valence-electron chi connectivity index (χ3n) is 3.29. The van der Waals surface area contributed by atoms with Crippen LogP contribution in [0.5, 0.6) is 0 Å². The maximum absolute atomic E-state index is 2.71. The molecule has 1 aliphatic heterocycles. The summed E-state index contributed by atoms with van der Waals surface area (Å²) in [5, 5.41) is 0.759. The quantitative estimate of drug-likeness (QED) is 0.675. The highest BCUT2D eigenvalue weighted by Crippen LogP contribution is 2.36. The summed E-state index contributed by atoms with van der Waals surface area (Å²) in [6.45, 7) is 15.5. The first-order chi connectivity index (χ1) is 6.84. The second-order valence-electron chi connectivity index (χ2n) is 6.07. The van der Waals surface area contributed by atoms with E-state index in [9.17, 15) is 0 Å². The lowest BCUT2D eigenvalue weighted by Crippen LogP contribution is -2.51. The molecule has 0 aromatic carbocycles. The standard InChI is InChI=1S/C13H27NS/c1-10(2)14-8-7-9-15-11(3)12(14)13(4,5)6/h10-12H,7-9H2,1-6H3/t11?,12-/m0/s1. The van der Waals surface area contributed by atoms with Crippen molar-refractivity contribution in [2.45, 2.75) is 65.3 Å². The van der Waals surface area contributed by atoms with Gasteiger partial charge < -0.3 is 0 Å². The molecular weight excluding hydrogens is 202 g/mol. The zero-order valence-electron chi connectivity index (χ0n) is 11.2. The fourth-order valence-corrected chi connectivity index (χ4v) is 4.21. The highest BCUT2D eigenvalue weighted by Gasteiger charge is 2.37. The van der Waals surface area contributed by atoms with E-state index < -0.39 is 0 Å². The van der Waals surface area contributed by atoms with Gasteiger partial charge in [0.15, 0.2) is 0 Å². The van der Waals surface area contributed by atoms with E-state index in [1.54, 1.807) is 0 Å². The van der Waals surface area contributed by atoms with Crippen LogP contribution in [-0.2, 0) is 0 Å². The van der Waals surface area contributed by atoms with Gasteiger partial charge in [-0.2, -0.15) is 11.8 Å². The van der Waals surface area contributed by atoms with Crippen LogP contribution in [0.3, 0.4) is 0 Å². The number of hydrogen-bond donors (Lipinski definition) is 0. The van der Waals surface area contributed by atoms with Crippen LogP contribution >= 0.6 is 11.8 Å². The lowest BCUT2D eigenvalue weighted by Gasteiger charge is -2.44. The SMILES string of the molecule is CC1SCCCN(C(C)C)[C@@H]1C(C)(C)C. The molecule has 1 aliphatic rings. The number of rotatable bonds is 1. The molecule has 1 nitrogen and oxygen atoms in total. The summed E-state index contributed by atoms with van der Waals surface area (Å²) in [6.07, 6.45) is 1.35. The van der Waals surface area contributed by atoms with Gasteiger partial charge >= 0.3 is 0 Å². The minimum atomic E-state index is 0.390. The van der Waals surface area contributed by atoms with Gasteiger partial charge in [0.1, 0.15) is 0 Å². The van der Waals surface area contributed by atoms with E-state index >= 15 is 0 Å². The Balaban J connectivity index is 2.89. The lowest BCUT2D eigenvalue weighted by atomic mass is 9.83. The topological polar surface area (TPSA) is 3.24 Å². The molecule has 0 spiro atoms. The summed E-state index contributed by atoms with van der Waals surface area (Å²) in [7, 11) is 0. The van der Waals surface area contributed by atoms with Gasteiger partial charge in [-0.05, 0) is 38.0 Å². The van der Waals surface area contributed by atoms with E-state index in [4.69, 9.17) is 0 Å². The van der Waals surface area contributed by atoms with E-state index in [2.05, 4.69) is 58.2 Å². The van der Waals surface area contributed by atoms with Crippen LogP contribution in [0.1, 0.15) is 48.0 Å². The van der Waals surface area contributed by atoms with Crippen LogP contribution < -0.4 is 0 Å². The van der Waals surface area contributed by atoms with Crippen molar-refractivity contribution in [2.24, 2.45) is 5.41 Å². The lowest BCUT2D eigenvalue weighted by molar-refractivity contribution is 0.0744. The van der Waals surface area contributed by atoms with Crippen molar-refractivity contribution in [3.8, 4) is 0 Å². The maximum Gasteiger partial charge on any atom is 0.0263 e. The zero-order valence-corrected chi connectivity index (χ0v) is 12.0. The Bertz CT molecular complexity index is 195. The van der Waals surface area contributed by atoms with Crippen LogP contribution in [0, 0.1) is 5.41 Å². The molecule has 0 N–H and O–H groups in total. The first-order valence-electron chi connectivity index (χ1n) is 6.21. The van der Waals surface area contributed by atoms with Gasteiger partial charge in [0.05, 0.1) is 0 Å². The molecule has 1 unspecified atom stereocenters. The van der Waals surface area contributed by atoms with Gasteiger partial charge in [0.25, 0.3) is 0 Å². The minimum absolute atomic E-state index is 0.390. The molecule has 0 radical (unpaired) electrons. The van der Waals surface area contributed by atoms with Crippen LogP contribution in [0.2, 0.25) is 0 Å². The molecule has 0 aliphatic carbocycles. The molecule has 0 saturated carbocycles.